The molecule has 0 aliphatic heterocycles. The Hall–Kier alpha value is -1.64. The van der Waals surface area contributed by atoms with Gasteiger partial charge in [0.15, 0.2) is 0 Å². The first kappa shape index (κ1) is 12.4. The van der Waals surface area contributed by atoms with Crippen LogP contribution in [0.25, 0.3) is 10.9 Å². The molecule has 0 saturated heterocycles. The Morgan fingerprint density at radius 2 is 1.95 bits per heavy atom. The van der Waals surface area contributed by atoms with Gasteiger partial charge in [-0.05, 0) is 43.5 Å². The van der Waals surface area contributed by atoms with E-state index in [1.165, 1.54) is 25.7 Å². The number of nitrogens with zero attached hydrogens (tertiary/aromatic N) is 1. The van der Waals surface area contributed by atoms with Crippen molar-refractivity contribution in [2.75, 3.05) is 12.4 Å². The van der Waals surface area contributed by atoms with Gasteiger partial charge in [-0.3, -0.25) is 0 Å². The molecule has 1 saturated carbocycles. The van der Waals surface area contributed by atoms with Crippen molar-refractivity contribution >= 4 is 16.6 Å². The Bertz CT molecular complexity index is 616. The molecule has 1 aliphatic carbocycles. The summed E-state index contributed by atoms with van der Waals surface area (Å²) in [6, 6.07) is 5.65. The third-order valence-corrected chi connectivity index (χ3v) is 4.07. The third-order valence-electron chi connectivity index (χ3n) is 4.07. The van der Waals surface area contributed by atoms with Crippen LogP contribution in [-0.4, -0.2) is 12.0 Å². The number of benzene rings is 1. The van der Waals surface area contributed by atoms with Crippen LogP contribution in [0.15, 0.2) is 18.2 Å². The van der Waals surface area contributed by atoms with Gasteiger partial charge < -0.3 is 5.32 Å². The molecule has 19 heavy (non-hydrogen) atoms. The molecular formula is C16H19FN2. The summed E-state index contributed by atoms with van der Waals surface area (Å²) in [4.78, 5) is 4.59. The van der Waals surface area contributed by atoms with Crippen molar-refractivity contribution in [3.63, 3.8) is 0 Å². The average molecular weight is 258 g/mol. The predicted octanol–water partition coefficient (Wildman–Crippen LogP) is 4.38. The van der Waals surface area contributed by atoms with Gasteiger partial charge in [0.1, 0.15) is 11.3 Å². The summed E-state index contributed by atoms with van der Waals surface area (Å²) in [6.45, 7) is 1.91. The third kappa shape index (κ3) is 2.18. The molecule has 0 spiro atoms. The maximum absolute atomic E-state index is 14.1. The number of aryl methyl sites for hydroxylation is 1. The zero-order valence-electron chi connectivity index (χ0n) is 11.5. The lowest BCUT2D eigenvalue weighted by Crippen LogP contribution is -2.02. The highest BCUT2D eigenvalue weighted by Gasteiger charge is 2.20. The first-order chi connectivity index (χ1) is 9.19. The Morgan fingerprint density at radius 1 is 1.21 bits per heavy atom. The molecule has 0 unspecified atom stereocenters. The SMILES string of the molecule is CNc1cc(C2CCCC2)nc2c(F)cc(C)cc12. The molecule has 1 aromatic heterocycles. The van der Waals surface area contributed by atoms with Gasteiger partial charge in [0.2, 0.25) is 0 Å². The highest BCUT2D eigenvalue weighted by molar-refractivity contribution is 5.92. The first-order valence-corrected chi connectivity index (χ1v) is 6.97. The fourth-order valence-electron chi connectivity index (χ4n) is 3.08. The summed E-state index contributed by atoms with van der Waals surface area (Å²) in [5.41, 5.74) is 3.45. The zero-order valence-corrected chi connectivity index (χ0v) is 11.5. The summed E-state index contributed by atoms with van der Waals surface area (Å²) < 4.78 is 14.1. The molecule has 3 heteroatoms. The van der Waals surface area contributed by atoms with Crippen molar-refractivity contribution in [1.29, 1.82) is 0 Å². The minimum atomic E-state index is -0.216. The smallest absolute Gasteiger partial charge is 0.149 e. The van der Waals surface area contributed by atoms with Crippen LogP contribution in [0.1, 0.15) is 42.9 Å². The van der Waals surface area contributed by atoms with E-state index in [1.807, 2.05) is 20.0 Å². The molecule has 3 rings (SSSR count). The quantitative estimate of drug-likeness (QED) is 0.864. The Morgan fingerprint density at radius 3 is 2.63 bits per heavy atom. The molecule has 1 aromatic carbocycles. The highest BCUT2D eigenvalue weighted by atomic mass is 19.1. The lowest BCUT2D eigenvalue weighted by Gasteiger charge is -2.14. The van der Waals surface area contributed by atoms with Gasteiger partial charge in [-0.2, -0.15) is 0 Å². The molecule has 0 atom stereocenters. The van der Waals surface area contributed by atoms with E-state index in [-0.39, 0.29) is 5.82 Å². The van der Waals surface area contributed by atoms with Gasteiger partial charge >= 0.3 is 0 Å². The second-order valence-electron chi connectivity index (χ2n) is 5.47. The van der Waals surface area contributed by atoms with Crippen molar-refractivity contribution in [2.24, 2.45) is 0 Å². The number of aromatic nitrogens is 1. The van der Waals surface area contributed by atoms with E-state index in [9.17, 15) is 4.39 Å². The lowest BCUT2D eigenvalue weighted by atomic mass is 10.0. The molecule has 0 radical (unpaired) electrons. The van der Waals surface area contributed by atoms with Crippen LogP contribution in [0.5, 0.6) is 0 Å². The number of halogens is 1. The van der Waals surface area contributed by atoms with E-state index < -0.39 is 0 Å². The number of hydrogen-bond acceptors (Lipinski definition) is 2. The van der Waals surface area contributed by atoms with E-state index in [1.54, 1.807) is 6.07 Å². The van der Waals surface area contributed by atoms with Crippen molar-refractivity contribution in [3.8, 4) is 0 Å². The van der Waals surface area contributed by atoms with Crippen molar-refractivity contribution in [3.05, 3.63) is 35.3 Å². The molecule has 0 bridgehead atoms. The number of rotatable bonds is 2. The summed E-state index contributed by atoms with van der Waals surface area (Å²) in [7, 11) is 1.88. The molecule has 100 valence electrons. The number of anilines is 1. The molecular weight excluding hydrogens is 239 g/mol. The molecule has 1 fully saturated rings. The highest BCUT2D eigenvalue weighted by Crippen LogP contribution is 2.36. The van der Waals surface area contributed by atoms with E-state index in [4.69, 9.17) is 0 Å². The van der Waals surface area contributed by atoms with Crippen molar-refractivity contribution < 1.29 is 4.39 Å². The normalized spacial score (nSPS) is 16.2. The van der Waals surface area contributed by atoms with E-state index in [2.05, 4.69) is 16.4 Å². The molecule has 1 N–H and O–H groups in total. The van der Waals surface area contributed by atoms with Gasteiger partial charge in [0.05, 0.1) is 0 Å². The van der Waals surface area contributed by atoms with Crippen molar-refractivity contribution in [1.82, 2.24) is 4.98 Å². The van der Waals surface area contributed by atoms with E-state index in [0.717, 1.165) is 22.3 Å². The standard InChI is InChI=1S/C16H19FN2/c1-10-7-12-15(18-2)9-14(11-5-3-4-6-11)19-16(12)13(17)8-10/h7-9,11H,3-6H2,1-2H3,(H,18,19). The molecule has 1 aliphatic rings. The monoisotopic (exact) mass is 258 g/mol. The summed E-state index contributed by atoms with van der Waals surface area (Å²) >= 11 is 0. The molecule has 0 amide bonds. The molecule has 1 heterocycles. The molecule has 2 nitrogen and oxygen atoms in total. The predicted molar refractivity (Wildman–Crippen MR) is 77.2 cm³/mol. The van der Waals surface area contributed by atoms with Crippen LogP contribution in [0.4, 0.5) is 10.1 Å². The van der Waals surface area contributed by atoms with Crippen LogP contribution < -0.4 is 5.32 Å². The maximum Gasteiger partial charge on any atom is 0.149 e. The van der Waals surface area contributed by atoms with Gasteiger partial charge in [0, 0.05) is 29.7 Å². The Kier molecular flexibility index (Phi) is 3.13. The first-order valence-electron chi connectivity index (χ1n) is 6.97. The Balaban J connectivity index is 2.21. The summed E-state index contributed by atoms with van der Waals surface area (Å²) in [5, 5.41) is 4.06. The summed E-state index contributed by atoms with van der Waals surface area (Å²) in [5.74, 6) is 0.281. The molecule has 2 aromatic rings. The van der Waals surface area contributed by atoms with Crippen LogP contribution in [0.3, 0.4) is 0 Å². The number of pyridine rings is 1. The van der Waals surface area contributed by atoms with Crippen LogP contribution >= 0.6 is 0 Å². The minimum Gasteiger partial charge on any atom is -0.388 e. The van der Waals surface area contributed by atoms with Gasteiger partial charge in [-0.15, -0.1) is 0 Å². The lowest BCUT2D eigenvalue weighted by molar-refractivity contribution is 0.632. The fourth-order valence-corrected chi connectivity index (χ4v) is 3.08. The van der Waals surface area contributed by atoms with Crippen LogP contribution in [0, 0.1) is 12.7 Å². The largest absolute Gasteiger partial charge is 0.388 e. The number of hydrogen-bond donors (Lipinski definition) is 1. The van der Waals surface area contributed by atoms with Gasteiger partial charge in [0.25, 0.3) is 0 Å². The average Bonchev–Trinajstić information content (AvgIpc) is 2.91. The zero-order chi connectivity index (χ0) is 13.4. The van der Waals surface area contributed by atoms with Crippen LogP contribution in [0.2, 0.25) is 0 Å². The Labute approximate surface area is 113 Å². The number of nitrogens with one attached hydrogen (secondary N) is 1. The van der Waals surface area contributed by atoms with Gasteiger partial charge in [-0.1, -0.05) is 12.8 Å². The van der Waals surface area contributed by atoms with E-state index in [0.29, 0.717) is 11.4 Å². The number of fused-ring (bicyclic) bond motifs is 1. The summed E-state index contributed by atoms with van der Waals surface area (Å²) in [6.07, 6.45) is 4.87. The minimum absolute atomic E-state index is 0.216. The fraction of sp³-hybridized carbons (Fsp3) is 0.438. The van der Waals surface area contributed by atoms with Gasteiger partial charge in [-0.25, -0.2) is 9.37 Å². The van der Waals surface area contributed by atoms with E-state index >= 15 is 0 Å². The maximum atomic E-state index is 14.1. The second-order valence-corrected chi connectivity index (χ2v) is 5.47. The second kappa shape index (κ2) is 4.80. The van der Waals surface area contributed by atoms with Crippen molar-refractivity contribution in [2.45, 2.75) is 38.5 Å². The topological polar surface area (TPSA) is 24.9 Å². The van der Waals surface area contributed by atoms with Crippen LogP contribution in [-0.2, 0) is 0 Å².